The van der Waals surface area contributed by atoms with Crippen LogP contribution in [-0.4, -0.2) is 68.1 Å². The number of fused-ring (bicyclic) bond motifs is 1. The first-order valence-corrected chi connectivity index (χ1v) is 10.6. The van der Waals surface area contributed by atoms with Gasteiger partial charge in [0.05, 0.1) is 13.0 Å². The van der Waals surface area contributed by atoms with E-state index >= 15 is 0 Å². The van der Waals surface area contributed by atoms with Crippen LogP contribution in [0.5, 0.6) is 0 Å². The quantitative estimate of drug-likeness (QED) is 0.352. The van der Waals surface area contributed by atoms with Crippen LogP contribution in [-0.2, 0) is 22.5 Å². The minimum atomic E-state index is -0.0790. The summed E-state index contributed by atoms with van der Waals surface area (Å²) >= 11 is 0. The van der Waals surface area contributed by atoms with Crippen molar-refractivity contribution in [2.45, 2.75) is 39.2 Å². The van der Waals surface area contributed by atoms with Crippen molar-refractivity contribution in [1.82, 2.24) is 15.1 Å². The molecule has 2 heterocycles. The fourth-order valence-electron chi connectivity index (χ4n) is 4.14. The summed E-state index contributed by atoms with van der Waals surface area (Å²) in [5, 5.41) is 3.41. The van der Waals surface area contributed by atoms with E-state index in [-0.39, 0.29) is 11.9 Å². The normalized spacial score (nSPS) is 18.6. The second-order valence-electron chi connectivity index (χ2n) is 7.67. The molecule has 0 amide bonds. The van der Waals surface area contributed by atoms with E-state index in [1.807, 2.05) is 0 Å². The Bertz CT molecular complexity index is 668. The Morgan fingerprint density at radius 1 is 1.21 bits per heavy atom. The minimum Gasteiger partial charge on any atom is -0.469 e. The summed E-state index contributed by atoms with van der Waals surface area (Å²) in [6.45, 7) is 8.78. The van der Waals surface area contributed by atoms with Gasteiger partial charge in [0.15, 0.2) is 5.96 Å². The minimum absolute atomic E-state index is 0.0334. The lowest BCUT2D eigenvalue weighted by atomic mass is 9.97. The highest BCUT2D eigenvalue weighted by Gasteiger charge is 2.26. The number of piperidine rings is 1. The second-order valence-corrected chi connectivity index (χ2v) is 7.67. The van der Waals surface area contributed by atoms with Crippen molar-refractivity contribution in [2.75, 3.05) is 46.4 Å². The van der Waals surface area contributed by atoms with Crippen LogP contribution in [0.2, 0.25) is 0 Å². The molecule has 28 heavy (non-hydrogen) atoms. The molecule has 0 aliphatic carbocycles. The Kier molecular flexibility index (Phi) is 7.71. The van der Waals surface area contributed by atoms with Gasteiger partial charge in [0, 0.05) is 45.8 Å². The van der Waals surface area contributed by atoms with Crippen LogP contribution in [0, 0.1) is 5.92 Å². The van der Waals surface area contributed by atoms with Crippen molar-refractivity contribution in [3.63, 3.8) is 0 Å². The van der Waals surface area contributed by atoms with E-state index in [0.717, 1.165) is 77.5 Å². The molecule has 0 aromatic heterocycles. The Hall–Kier alpha value is -2.08. The molecule has 0 bridgehead atoms. The summed E-state index contributed by atoms with van der Waals surface area (Å²) in [5.74, 6) is 0.936. The van der Waals surface area contributed by atoms with Gasteiger partial charge in [-0.3, -0.25) is 14.7 Å². The van der Waals surface area contributed by atoms with Gasteiger partial charge in [-0.1, -0.05) is 24.3 Å². The van der Waals surface area contributed by atoms with Crippen LogP contribution < -0.4 is 5.32 Å². The summed E-state index contributed by atoms with van der Waals surface area (Å²) in [5.41, 5.74) is 2.97. The zero-order valence-corrected chi connectivity index (χ0v) is 17.3. The van der Waals surface area contributed by atoms with Gasteiger partial charge in [0.25, 0.3) is 0 Å². The summed E-state index contributed by atoms with van der Waals surface area (Å²) in [7, 11) is 1.47. The van der Waals surface area contributed by atoms with Gasteiger partial charge in [-0.25, -0.2) is 0 Å². The van der Waals surface area contributed by atoms with E-state index in [1.165, 1.54) is 18.2 Å². The maximum absolute atomic E-state index is 11.7. The largest absolute Gasteiger partial charge is 0.469 e. The maximum atomic E-state index is 11.7. The molecule has 1 fully saturated rings. The SMILES string of the molecule is CCNC(=NCCCN1CCc2ccccc2C1)N1CCC(C(=O)OC)CC1. The van der Waals surface area contributed by atoms with Gasteiger partial charge in [0.2, 0.25) is 0 Å². The molecule has 1 N–H and O–H groups in total. The van der Waals surface area contributed by atoms with Gasteiger partial charge in [-0.15, -0.1) is 0 Å². The van der Waals surface area contributed by atoms with Crippen LogP contribution in [0.3, 0.4) is 0 Å². The van der Waals surface area contributed by atoms with E-state index < -0.39 is 0 Å². The molecule has 6 heteroatoms. The number of carbonyl (C=O) groups is 1. The Labute approximate surface area is 168 Å². The smallest absolute Gasteiger partial charge is 0.308 e. The van der Waals surface area contributed by atoms with Crippen LogP contribution in [0.25, 0.3) is 0 Å². The van der Waals surface area contributed by atoms with Crippen molar-refractivity contribution >= 4 is 11.9 Å². The predicted molar refractivity (Wildman–Crippen MR) is 112 cm³/mol. The molecule has 6 nitrogen and oxygen atoms in total. The average Bonchev–Trinajstić information content (AvgIpc) is 2.75. The number of nitrogens with zero attached hydrogens (tertiary/aromatic N) is 3. The molecule has 2 aliphatic rings. The van der Waals surface area contributed by atoms with Crippen molar-refractivity contribution in [3.05, 3.63) is 35.4 Å². The van der Waals surface area contributed by atoms with Crippen LogP contribution in [0.4, 0.5) is 0 Å². The van der Waals surface area contributed by atoms with Crippen molar-refractivity contribution in [2.24, 2.45) is 10.9 Å². The summed E-state index contributed by atoms with van der Waals surface area (Å²) in [6.07, 6.45) is 3.89. The monoisotopic (exact) mass is 386 g/mol. The summed E-state index contributed by atoms with van der Waals surface area (Å²) in [6, 6.07) is 8.78. The van der Waals surface area contributed by atoms with Gasteiger partial charge >= 0.3 is 5.97 Å². The first-order chi connectivity index (χ1) is 13.7. The third-order valence-electron chi connectivity index (χ3n) is 5.77. The Morgan fingerprint density at radius 3 is 2.68 bits per heavy atom. The fourth-order valence-corrected chi connectivity index (χ4v) is 4.14. The molecular weight excluding hydrogens is 352 g/mol. The number of carbonyl (C=O) groups excluding carboxylic acids is 1. The molecular formula is C22H34N4O2. The third-order valence-corrected chi connectivity index (χ3v) is 5.77. The maximum Gasteiger partial charge on any atom is 0.308 e. The lowest BCUT2D eigenvalue weighted by molar-refractivity contribution is -0.146. The molecule has 3 rings (SSSR count). The number of rotatable bonds is 6. The molecule has 0 atom stereocenters. The van der Waals surface area contributed by atoms with Gasteiger partial charge < -0.3 is 15.0 Å². The zero-order chi connectivity index (χ0) is 19.8. The van der Waals surface area contributed by atoms with E-state index in [2.05, 4.69) is 46.3 Å². The zero-order valence-electron chi connectivity index (χ0n) is 17.3. The van der Waals surface area contributed by atoms with Crippen LogP contribution >= 0.6 is 0 Å². The second kappa shape index (κ2) is 10.5. The molecule has 1 saturated heterocycles. The predicted octanol–water partition coefficient (Wildman–Crippen LogP) is 2.29. The van der Waals surface area contributed by atoms with Crippen LogP contribution in [0.15, 0.2) is 29.3 Å². The first-order valence-electron chi connectivity index (χ1n) is 10.6. The van der Waals surface area contributed by atoms with E-state index in [4.69, 9.17) is 9.73 Å². The number of hydrogen-bond donors (Lipinski definition) is 1. The number of methoxy groups -OCH3 is 1. The topological polar surface area (TPSA) is 57.2 Å². The highest BCUT2D eigenvalue weighted by Crippen LogP contribution is 2.19. The molecule has 0 radical (unpaired) electrons. The van der Waals surface area contributed by atoms with Crippen molar-refractivity contribution in [1.29, 1.82) is 0 Å². The van der Waals surface area contributed by atoms with E-state index in [1.54, 1.807) is 0 Å². The Morgan fingerprint density at radius 2 is 1.96 bits per heavy atom. The summed E-state index contributed by atoms with van der Waals surface area (Å²) < 4.78 is 4.88. The third kappa shape index (κ3) is 5.47. The lowest BCUT2D eigenvalue weighted by Crippen LogP contribution is -2.46. The molecule has 0 saturated carbocycles. The lowest BCUT2D eigenvalue weighted by Gasteiger charge is -2.33. The van der Waals surface area contributed by atoms with Crippen molar-refractivity contribution < 1.29 is 9.53 Å². The molecule has 1 aromatic rings. The van der Waals surface area contributed by atoms with E-state index in [0.29, 0.717) is 0 Å². The number of esters is 1. The molecule has 1 aromatic carbocycles. The number of benzene rings is 1. The number of nitrogens with one attached hydrogen (secondary N) is 1. The molecule has 2 aliphatic heterocycles. The van der Waals surface area contributed by atoms with Gasteiger partial charge in [0.1, 0.15) is 0 Å². The Balaban J connectivity index is 1.44. The number of aliphatic imine (C=N–C) groups is 1. The average molecular weight is 387 g/mol. The molecule has 154 valence electrons. The van der Waals surface area contributed by atoms with Crippen molar-refractivity contribution in [3.8, 4) is 0 Å². The highest BCUT2D eigenvalue weighted by molar-refractivity contribution is 5.80. The number of ether oxygens (including phenoxy) is 1. The van der Waals surface area contributed by atoms with Gasteiger partial charge in [-0.2, -0.15) is 0 Å². The fraction of sp³-hybridized carbons (Fsp3) is 0.636. The molecule has 0 spiro atoms. The number of likely N-dealkylation sites (tertiary alicyclic amines) is 1. The molecule has 0 unspecified atom stereocenters. The standard InChI is InChI=1S/C22H34N4O2/c1-3-23-22(26-15-10-19(11-16-26)21(27)28-2)24-12-6-13-25-14-9-18-7-4-5-8-20(18)17-25/h4-5,7-8,19H,3,6,9-17H2,1-2H3,(H,23,24). The van der Waals surface area contributed by atoms with E-state index in [9.17, 15) is 4.79 Å². The summed E-state index contributed by atoms with van der Waals surface area (Å²) in [4.78, 5) is 21.4. The first kappa shape index (κ1) is 20.6. The number of guanidine groups is 1. The van der Waals surface area contributed by atoms with Gasteiger partial charge in [-0.05, 0) is 43.7 Å². The number of hydrogen-bond acceptors (Lipinski definition) is 4. The highest BCUT2D eigenvalue weighted by atomic mass is 16.5. The van der Waals surface area contributed by atoms with Crippen LogP contribution in [0.1, 0.15) is 37.3 Å².